The fraction of sp³-hybridized carbons (Fsp3) is 0.500. The van der Waals surface area contributed by atoms with Gasteiger partial charge in [-0.05, 0) is 30.5 Å². The van der Waals surface area contributed by atoms with Gasteiger partial charge in [0, 0.05) is 18.3 Å². The van der Waals surface area contributed by atoms with E-state index in [9.17, 15) is 4.79 Å². The molecular formula is C14H18BrNO3. The maximum absolute atomic E-state index is 11.6. The summed E-state index contributed by atoms with van der Waals surface area (Å²) in [7, 11) is 0. The molecule has 5 heteroatoms. The number of hydrogen-bond acceptors (Lipinski definition) is 3. The highest BCUT2D eigenvalue weighted by Gasteiger charge is 2.11. The van der Waals surface area contributed by atoms with Crippen LogP contribution >= 0.6 is 15.9 Å². The molecule has 1 aliphatic heterocycles. The first-order valence-electron chi connectivity index (χ1n) is 6.51. The van der Waals surface area contributed by atoms with Crippen LogP contribution in [-0.2, 0) is 11.3 Å². The van der Waals surface area contributed by atoms with E-state index in [1.165, 1.54) is 0 Å². The highest BCUT2D eigenvalue weighted by Crippen LogP contribution is 2.30. The number of ether oxygens (including phenoxy) is 2. The van der Waals surface area contributed by atoms with Crippen molar-refractivity contribution in [3.63, 3.8) is 0 Å². The van der Waals surface area contributed by atoms with Gasteiger partial charge in [-0.25, -0.2) is 0 Å². The van der Waals surface area contributed by atoms with Crippen LogP contribution in [0.3, 0.4) is 0 Å². The van der Waals surface area contributed by atoms with Gasteiger partial charge < -0.3 is 14.8 Å². The lowest BCUT2D eigenvalue weighted by atomic mass is 10.2. The largest absolute Gasteiger partial charge is 0.486 e. The van der Waals surface area contributed by atoms with Gasteiger partial charge in [0.2, 0.25) is 5.91 Å². The third-order valence-electron chi connectivity index (χ3n) is 2.88. The Hall–Kier alpha value is -1.23. The number of alkyl halides is 1. The predicted octanol–water partition coefficient (Wildman–Crippen LogP) is 2.64. The van der Waals surface area contributed by atoms with Crippen LogP contribution in [-0.4, -0.2) is 24.5 Å². The third-order valence-corrected chi connectivity index (χ3v) is 3.44. The van der Waals surface area contributed by atoms with Crippen molar-refractivity contribution in [2.45, 2.75) is 25.8 Å². The number of carbonyl (C=O) groups excluding carboxylic acids is 1. The molecule has 0 spiro atoms. The van der Waals surface area contributed by atoms with Crippen molar-refractivity contribution in [3.05, 3.63) is 23.8 Å². The molecule has 0 aliphatic carbocycles. The van der Waals surface area contributed by atoms with Crippen LogP contribution in [0.4, 0.5) is 0 Å². The van der Waals surface area contributed by atoms with Crippen molar-refractivity contribution in [1.29, 1.82) is 0 Å². The number of hydrogen-bond donors (Lipinski definition) is 1. The monoisotopic (exact) mass is 327 g/mol. The van der Waals surface area contributed by atoms with Crippen LogP contribution in [0.2, 0.25) is 0 Å². The maximum atomic E-state index is 11.6. The normalized spacial score (nSPS) is 13.1. The molecule has 0 bridgehead atoms. The molecule has 1 aromatic carbocycles. The van der Waals surface area contributed by atoms with Gasteiger partial charge in [-0.2, -0.15) is 0 Å². The summed E-state index contributed by atoms with van der Waals surface area (Å²) in [6, 6.07) is 5.76. The van der Waals surface area contributed by atoms with Crippen LogP contribution < -0.4 is 14.8 Å². The van der Waals surface area contributed by atoms with Crippen molar-refractivity contribution < 1.29 is 14.3 Å². The molecule has 0 radical (unpaired) electrons. The molecule has 0 saturated carbocycles. The predicted molar refractivity (Wildman–Crippen MR) is 76.9 cm³/mol. The van der Waals surface area contributed by atoms with Gasteiger partial charge in [-0.15, -0.1) is 0 Å². The van der Waals surface area contributed by atoms with Crippen LogP contribution in [0, 0.1) is 0 Å². The molecule has 0 unspecified atom stereocenters. The summed E-state index contributed by atoms with van der Waals surface area (Å²) < 4.78 is 11.0. The molecule has 1 aliphatic rings. The first kappa shape index (κ1) is 14.2. The fourth-order valence-electron chi connectivity index (χ4n) is 1.87. The second-order valence-electron chi connectivity index (χ2n) is 4.40. The Bertz CT molecular complexity index is 437. The Morgan fingerprint density at radius 3 is 2.79 bits per heavy atom. The van der Waals surface area contributed by atoms with Crippen molar-refractivity contribution in [1.82, 2.24) is 5.32 Å². The number of benzene rings is 1. The van der Waals surface area contributed by atoms with E-state index in [0.29, 0.717) is 26.2 Å². The number of carbonyl (C=O) groups is 1. The number of amides is 1. The van der Waals surface area contributed by atoms with Gasteiger partial charge in [0.05, 0.1) is 0 Å². The molecule has 0 fully saturated rings. The summed E-state index contributed by atoms with van der Waals surface area (Å²) in [5.41, 5.74) is 1.03. The quantitative estimate of drug-likeness (QED) is 0.645. The van der Waals surface area contributed by atoms with Crippen molar-refractivity contribution in [2.24, 2.45) is 0 Å². The van der Waals surface area contributed by atoms with E-state index < -0.39 is 0 Å². The molecule has 1 N–H and O–H groups in total. The SMILES string of the molecule is O=C(CCCCBr)NCc1ccc2c(c1)OCCO2. The fourth-order valence-corrected chi connectivity index (χ4v) is 2.26. The van der Waals surface area contributed by atoms with E-state index in [0.717, 1.165) is 35.2 Å². The van der Waals surface area contributed by atoms with Gasteiger partial charge in [0.1, 0.15) is 13.2 Å². The van der Waals surface area contributed by atoms with Gasteiger partial charge >= 0.3 is 0 Å². The van der Waals surface area contributed by atoms with E-state index in [-0.39, 0.29) is 5.91 Å². The van der Waals surface area contributed by atoms with Gasteiger partial charge in [-0.3, -0.25) is 4.79 Å². The number of unbranched alkanes of at least 4 members (excludes halogenated alkanes) is 1. The van der Waals surface area contributed by atoms with Gasteiger partial charge in [0.25, 0.3) is 0 Å². The second-order valence-corrected chi connectivity index (χ2v) is 5.19. The lowest BCUT2D eigenvalue weighted by Crippen LogP contribution is -2.22. The van der Waals surface area contributed by atoms with E-state index >= 15 is 0 Å². The smallest absolute Gasteiger partial charge is 0.220 e. The summed E-state index contributed by atoms with van der Waals surface area (Å²) in [6.07, 6.45) is 2.52. The third kappa shape index (κ3) is 4.42. The first-order chi connectivity index (χ1) is 9.29. The highest BCUT2D eigenvalue weighted by molar-refractivity contribution is 9.09. The zero-order chi connectivity index (χ0) is 13.5. The standard InChI is InChI=1S/C14H18BrNO3/c15-6-2-1-3-14(17)16-10-11-4-5-12-13(9-11)19-8-7-18-12/h4-5,9H,1-3,6-8,10H2,(H,16,17). The summed E-state index contributed by atoms with van der Waals surface area (Å²) in [6.45, 7) is 1.70. The highest BCUT2D eigenvalue weighted by atomic mass is 79.9. The number of halogens is 1. The Balaban J connectivity index is 1.81. The van der Waals surface area contributed by atoms with Crippen LogP contribution in [0.1, 0.15) is 24.8 Å². The zero-order valence-electron chi connectivity index (χ0n) is 10.8. The minimum absolute atomic E-state index is 0.0934. The zero-order valence-corrected chi connectivity index (χ0v) is 12.4. The summed E-state index contributed by atoms with van der Waals surface area (Å²) >= 11 is 3.35. The van der Waals surface area contributed by atoms with Crippen LogP contribution in [0.25, 0.3) is 0 Å². The summed E-state index contributed by atoms with van der Waals surface area (Å²) in [4.78, 5) is 11.6. The summed E-state index contributed by atoms with van der Waals surface area (Å²) in [5, 5.41) is 3.86. The van der Waals surface area contributed by atoms with E-state index in [1.807, 2.05) is 18.2 Å². The molecule has 2 rings (SSSR count). The van der Waals surface area contributed by atoms with Crippen molar-refractivity contribution in [3.8, 4) is 11.5 Å². The topological polar surface area (TPSA) is 47.6 Å². The lowest BCUT2D eigenvalue weighted by Gasteiger charge is -2.18. The average Bonchev–Trinajstić information content (AvgIpc) is 2.45. The Labute approximate surface area is 121 Å². The molecule has 4 nitrogen and oxygen atoms in total. The van der Waals surface area contributed by atoms with E-state index in [1.54, 1.807) is 0 Å². The van der Waals surface area contributed by atoms with E-state index in [2.05, 4.69) is 21.2 Å². The maximum Gasteiger partial charge on any atom is 0.220 e. The minimum atomic E-state index is 0.0934. The molecule has 1 amide bonds. The Morgan fingerprint density at radius 2 is 2.00 bits per heavy atom. The summed E-state index contributed by atoms with van der Waals surface area (Å²) in [5.74, 6) is 1.63. The molecule has 1 heterocycles. The van der Waals surface area contributed by atoms with Gasteiger partial charge in [-0.1, -0.05) is 22.0 Å². The van der Waals surface area contributed by atoms with Crippen LogP contribution in [0.15, 0.2) is 18.2 Å². The molecule has 19 heavy (non-hydrogen) atoms. The molecule has 1 aromatic rings. The number of nitrogens with one attached hydrogen (secondary N) is 1. The van der Waals surface area contributed by atoms with Crippen molar-refractivity contribution >= 4 is 21.8 Å². The molecule has 0 saturated heterocycles. The second kappa shape index (κ2) is 7.38. The lowest BCUT2D eigenvalue weighted by molar-refractivity contribution is -0.121. The van der Waals surface area contributed by atoms with Crippen molar-refractivity contribution in [2.75, 3.05) is 18.5 Å². The Morgan fingerprint density at radius 1 is 1.21 bits per heavy atom. The molecule has 0 aromatic heterocycles. The number of fused-ring (bicyclic) bond motifs is 1. The Kier molecular flexibility index (Phi) is 5.51. The number of rotatable bonds is 6. The van der Waals surface area contributed by atoms with Crippen LogP contribution in [0.5, 0.6) is 11.5 Å². The molecule has 0 atom stereocenters. The van der Waals surface area contributed by atoms with Gasteiger partial charge in [0.15, 0.2) is 11.5 Å². The minimum Gasteiger partial charge on any atom is -0.486 e. The molecule has 104 valence electrons. The van der Waals surface area contributed by atoms with E-state index in [4.69, 9.17) is 9.47 Å². The molecular weight excluding hydrogens is 310 g/mol. The average molecular weight is 328 g/mol. The first-order valence-corrected chi connectivity index (χ1v) is 7.63.